The molecule has 4 fully saturated rings. The summed E-state index contributed by atoms with van der Waals surface area (Å²) >= 11 is 0. The van der Waals surface area contributed by atoms with Crippen molar-refractivity contribution < 1.29 is 65.7 Å². The molecule has 0 aromatic carbocycles. The number of rotatable bonds is 25. The lowest BCUT2D eigenvalue weighted by molar-refractivity contribution is -0.146. The van der Waals surface area contributed by atoms with Crippen molar-refractivity contribution in [3.8, 4) is 0 Å². The summed E-state index contributed by atoms with van der Waals surface area (Å²) in [5.74, 6) is -0.642. The van der Waals surface area contributed by atoms with Crippen LogP contribution in [0.2, 0.25) is 0 Å². The van der Waals surface area contributed by atoms with E-state index in [0.717, 1.165) is 0 Å². The summed E-state index contributed by atoms with van der Waals surface area (Å²) in [7, 11) is 0.579. The van der Waals surface area contributed by atoms with Crippen LogP contribution in [-0.2, 0) is 55.8 Å². The van der Waals surface area contributed by atoms with E-state index in [0.29, 0.717) is 25.9 Å². The molecule has 406 valence electrons. The van der Waals surface area contributed by atoms with Crippen LogP contribution in [0, 0.1) is 0 Å². The summed E-state index contributed by atoms with van der Waals surface area (Å²) in [5, 5.41) is 14.7. The first-order chi connectivity index (χ1) is 32.9. The number of hydrogen-bond acceptors (Lipinski definition) is 16. The van der Waals surface area contributed by atoms with E-state index in [4.69, 9.17) is 49.1 Å². The van der Waals surface area contributed by atoms with Crippen molar-refractivity contribution in [2.24, 2.45) is 16.5 Å². The Balaban J connectivity index is 1.34. The third kappa shape index (κ3) is 16.8. The third-order valence-corrected chi connectivity index (χ3v) is 19.7. The number of ether oxygens (including phenoxy) is 4. The van der Waals surface area contributed by atoms with Crippen LogP contribution in [0.1, 0.15) is 33.6 Å². The summed E-state index contributed by atoms with van der Waals surface area (Å²) in [6.45, 7) is 7.27. The number of piperazine rings is 1. The molecule has 3 unspecified atom stereocenters. The summed E-state index contributed by atoms with van der Waals surface area (Å²) in [5.41, 5.74) is 10.8. The predicted octanol–water partition coefficient (Wildman–Crippen LogP) is -0.656. The zero-order chi connectivity index (χ0) is 52.0. The molecule has 0 spiro atoms. The standard InChI is InChI=1S/C40H82N13O14P3/c1-30-21-50(37(55)20-45-38(56)36(43-4)12-11-13-44-39(41)42)24-33(65-30)27-63-69(59,47(7)8)52-22-32(3)67-35(26-52)29-64-70(60,48(9)10)53-23-31(2)66-34(25-53)28-62-68(58,46(5)6)51-16-14-49(15-17-51)40(57)61-19-18-54/h30-36,43,54H,11-29H2,1-10H3,(H,45,56)(H4,41,42,44)/t30-,31-,32-,33-,34-,35-,36-,68?,69?,70?/m0/s1. The summed E-state index contributed by atoms with van der Waals surface area (Å²) in [4.78, 5) is 45.6. The number of carbonyl (C=O) groups is 3. The predicted molar refractivity (Wildman–Crippen MR) is 262 cm³/mol. The quantitative estimate of drug-likeness (QED) is 0.0328. The highest BCUT2D eigenvalue weighted by molar-refractivity contribution is 7.54. The number of aliphatic imine (C=N–C) groups is 1. The van der Waals surface area contributed by atoms with Crippen molar-refractivity contribution >= 4 is 46.9 Å². The van der Waals surface area contributed by atoms with Gasteiger partial charge in [-0.25, -0.2) is 32.8 Å². The number of guanidine groups is 1. The number of aliphatic hydroxyl groups excluding tert-OH is 1. The lowest BCUT2D eigenvalue weighted by Crippen LogP contribution is -2.54. The first kappa shape index (κ1) is 60.2. The van der Waals surface area contributed by atoms with E-state index in [1.165, 1.54) is 18.9 Å². The van der Waals surface area contributed by atoms with Gasteiger partial charge in [-0.1, -0.05) is 0 Å². The van der Waals surface area contributed by atoms with Gasteiger partial charge < -0.3 is 69.5 Å². The van der Waals surface area contributed by atoms with Gasteiger partial charge in [0.15, 0.2) is 5.96 Å². The van der Waals surface area contributed by atoms with Crippen LogP contribution in [0.3, 0.4) is 0 Å². The molecule has 0 aliphatic carbocycles. The Hall–Kier alpha value is -2.39. The van der Waals surface area contributed by atoms with Crippen molar-refractivity contribution in [2.45, 2.75) is 76.3 Å². The maximum Gasteiger partial charge on any atom is 0.409 e. The number of amides is 3. The zero-order valence-corrected chi connectivity index (χ0v) is 45.4. The molecular weight excluding hydrogens is 979 g/mol. The highest BCUT2D eigenvalue weighted by Gasteiger charge is 2.46. The van der Waals surface area contributed by atoms with Crippen molar-refractivity contribution in [1.82, 2.24) is 48.5 Å². The molecule has 27 nitrogen and oxygen atoms in total. The van der Waals surface area contributed by atoms with Crippen LogP contribution >= 0.6 is 23.0 Å². The van der Waals surface area contributed by atoms with Crippen LogP contribution in [0.15, 0.2) is 4.99 Å². The van der Waals surface area contributed by atoms with Crippen LogP contribution in [0.4, 0.5) is 4.79 Å². The fraction of sp³-hybridized carbons (Fsp3) is 0.900. The summed E-state index contributed by atoms with van der Waals surface area (Å²) in [6, 6.07) is -0.537. The average molecular weight is 1060 g/mol. The molecule has 0 aromatic heterocycles. The van der Waals surface area contributed by atoms with Crippen LogP contribution in [0.25, 0.3) is 0 Å². The molecule has 0 radical (unpaired) electrons. The maximum atomic E-state index is 14.9. The first-order valence-electron chi connectivity index (χ1n) is 23.8. The molecule has 4 rings (SSSR count). The fourth-order valence-electron chi connectivity index (χ4n) is 8.53. The molecule has 0 aromatic rings. The Morgan fingerprint density at radius 3 is 1.60 bits per heavy atom. The number of nitrogens with zero attached hydrogens (tertiary/aromatic N) is 9. The van der Waals surface area contributed by atoms with E-state index in [9.17, 15) is 28.1 Å². The van der Waals surface area contributed by atoms with E-state index >= 15 is 0 Å². The number of nitrogens with one attached hydrogen (secondary N) is 2. The van der Waals surface area contributed by atoms with E-state index in [1.54, 1.807) is 68.2 Å². The molecule has 10 atom stereocenters. The lowest BCUT2D eigenvalue weighted by Gasteiger charge is -2.45. The monoisotopic (exact) mass is 1060 g/mol. The van der Waals surface area contributed by atoms with E-state index < -0.39 is 65.7 Å². The third-order valence-electron chi connectivity index (χ3n) is 12.0. The molecule has 4 aliphatic rings. The van der Waals surface area contributed by atoms with Crippen molar-refractivity contribution in [2.75, 3.05) is 161 Å². The molecule has 70 heavy (non-hydrogen) atoms. The van der Waals surface area contributed by atoms with Gasteiger partial charge in [0.2, 0.25) is 11.8 Å². The van der Waals surface area contributed by atoms with Gasteiger partial charge in [0.25, 0.3) is 0 Å². The van der Waals surface area contributed by atoms with Crippen molar-refractivity contribution in [3.05, 3.63) is 0 Å². The van der Waals surface area contributed by atoms with Crippen LogP contribution in [-0.4, -0.2) is 270 Å². The Morgan fingerprint density at radius 2 is 1.16 bits per heavy atom. The molecule has 7 N–H and O–H groups in total. The van der Waals surface area contributed by atoms with Gasteiger partial charge >= 0.3 is 29.1 Å². The maximum absolute atomic E-state index is 14.9. The number of hydrogen-bond donors (Lipinski definition) is 5. The molecular formula is C40H82N13O14P3. The molecule has 3 amide bonds. The Kier molecular flexibility index (Phi) is 23.9. The van der Waals surface area contributed by atoms with Crippen LogP contribution < -0.4 is 22.1 Å². The molecule has 0 saturated carbocycles. The topological polar surface area (TPSA) is 302 Å². The number of morpholine rings is 3. The average Bonchev–Trinajstić information content (AvgIpc) is 3.31. The van der Waals surface area contributed by atoms with Crippen molar-refractivity contribution in [1.29, 1.82) is 0 Å². The second-order valence-corrected chi connectivity index (χ2v) is 26.3. The van der Waals surface area contributed by atoms with E-state index in [1.807, 2.05) is 20.8 Å². The van der Waals surface area contributed by atoms with E-state index in [-0.39, 0.29) is 122 Å². The highest BCUT2D eigenvalue weighted by Crippen LogP contribution is 2.57. The molecule has 30 heteroatoms. The minimum atomic E-state index is -3.74. The minimum absolute atomic E-state index is 0.0197. The largest absolute Gasteiger partial charge is 0.447 e. The highest BCUT2D eigenvalue weighted by atomic mass is 31.2. The summed E-state index contributed by atoms with van der Waals surface area (Å²) in [6.07, 6.45) is -2.59. The van der Waals surface area contributed by atoms with Crippen LogP contribution in [0.5, 0.6) is 0 Å². The van der Waals surface area contributed by atoms with Gasteiger partial charge in [-0.3, -0.25) is 28.3 Å². The molecule has 4 heterocycles. The van der Waals surface area contributed by atoms with Gasteiger partial charge in [-0.2, -0.15) is 0 Å². The summed E-state index contributed by atoms with van der Waals surface area (Å²) < 4.78 is 96.3. The first-order valence-corrected chi connectivity index (χ1v) is 28.3. The number of likely N-dealkylation sites (N-methyl/N-ethyl adjacent to an activating group) is 1. The molecule has 4 saturated heterocycles. The number of aliphatic hydroxyl groups is 1. The van der Waals surface area contributed by atoms with Crippen molar-refractivity contribution in [3.63, 3.8) is 0 Å². The van der Waals surface area contributed by atoms with Gasteiger partial charge in [0.05, 0.1) is 75.6 Å². The minimum Gasteiger partial charge on any atom is -0.447 e. The normalized spacial score (nSPS) is 27.4. The second kappa shape index (κ2) is 27.8. The zero-order valence-electron chi connectivity index (χ0n) is 42.8. The van der Waals surface area contributed by atoms with Gasteiger partial charge in [0, 0.05) is 72.0 Å². The molecule has 4 aliphatic heterocycles. The Labute approximate surface area is 413 Å². The smallest absolute Gasteiger partial charge is 0.409 e. The van der Waals surface area contributed by atoms with Gasteiger partial charge in [-0.15, -0.1) is 0 Å². The molecule has 0 bridgehead atoms. The van der Waals surface area contributed by atoms with E-state index in [2.05, 4.69) is 15.6 Å². The van der Waals surface area contributed by atoms with Gasteiger partial charge in [-0.05, 0) is 82.9 Å². The second-order valence-electron chi connectivity index (χ2n) is 18.4. The van der Waals surface area contributed by atoms with Gasteiger partial charge in [0.1, 0.15) is 6.61 Å². The SMILES string of the molecule is CN[C@@H](CCCN=C(N)N)C(=O)NCC(=O)N1C[C@@H](COP(=O)(N(C)C)N2C[C@@H](COP(=O)(N(C)C)N3C[C@@H](COP(=O)(N(C)C)N4CCN(C(=O)OCCO)CC4)O[C@@H](C)C3)O[C@@H](C)C2)O[C@@H](C)C1. The Bertz CT molecular complexity index is 1860. The fourth-order valence-corrected chi connectivity index (χ4v) is 14.6. The number of carbonyl (C=O) groups excluding carboxylic acids is 3. The number of nitrogens with two attached hydrogens (primary N) is 2. The lowest BCUT2D eigenvalue weighted by atomic mass is 10.1. The Morgan fingerprint density at radius 1 is 0.700 bits per heavy atom.